The number of hydrogen-bond donors (Lipinski definition) is 1. The van der Waals surface area contributed by atoms with Crippen molar-refractivity contribution in [2.45, 2.75) is 38.6 Å². The Hall–Kier alpha value is -0.210. The van der Waals surface area contributed by atoms with E-state index in [2.05, 4.69) is 28.2 Å². The quantitative estimate of drug-likeness (QED) is 0.802. The van der Waals surface area contributed by atoms with Crippen LogP contribution in [0, 0.1) is 5.92 Å². The molecule has 1 aromatic carbocycles. The molecule has 0 spiro atoms. The van der Waals surface area contributed by atoms with Crippen molar-refractivity contribution in [1.82, 2.24) is 0 Å². The maximum absolute atomic E-state index is 5.93. The minimum atomic E-state index is 0.612. The summed E-state index contributed by atoms with van der Waals surface area (Å²) in [6.07, 6.45) is 5.26. The molecule has 0 aliphatic heterocycles. The van der Waals surface area contributed by atoms with Gasteiger partial charge in [-0.2, -0.15) is 0 Å². The highest BCUT2D eigenvalue weighted by Gasteiger charge is 2.19. The third-order valence-corrected chi connectivity index (χ3v) is 4.12. The van der Waals surface area contributed by atoms with E-state index in [1.54, 1.807) is 0 Å². The van der Waals surface area contributed by atoms with E-state index >= 15 is 0 Å². The summed E-state index contributed by atoms with van der Waals surface area (Å²) in [5.41, 5.74) is 1.16. The van der Waals surface area contributed by atoms with Gasteiger partial charge in [0, 0.05) is 21.2 Å². The Balaban J connectivity index is 2.02. The summed E-state index contributed by atoms with van der Waals surface area (Å²) >= 11 is 9.47. The lowest BCUT2D eigenvalue weighted by Gasteiger charge is -2.28. The number of rotatable bonds is 2. The molecule has 88 valence electrons. The SMILES string of the molecule is CC1CCCC(Nc2ccc(Cl)cc2Br)C1. The monoisotopic (exact) mass is 301 g/mol. The van der Waals surface area contributed by atoms with Crippen LogP contribution in [0.5, 0.6) is 0 Å². The summed E-state index contributed by atoms with van der Waals surface area (Å²) in [4.78, 5) is 0. The summed E-state index contributed by atoms with van der Waals surface area (Å²) in [7, 11) is 0. The molecular formula is C13H17BrClN. The van der Waals surface area contributed by atoms with Gasteiger partial charge in [-0.3, -0.25) is 0 Å². The average molecular weight is 303 g/mol. The normalized spacial score (nSPS) is 25.4. The summed E-state index contributed by atoms with van der Waals surface area (Å²) in [5.74, 6) is 0.845. The highest BCUT2D eigenvalue weighted by Crippen LogP contribution is 2.30. The van der Waals surface area contributed by atoms with Crippen LogP contribution in [0.25, 0.3) is 0 Å². The van der Waals surface area contributed by atoms with Gasteiger partial charge in [0.15, 0.2) is 0 Å². The largest absolute Gasteiger partial charge is 0.381 e. The van der Waals surface area contributed by atoms with Crippen LogP contribution < -0.4 is 5.32 Å². The third kappa shape index (κ3) is 3.14. The minimum Gasteiger partial charge on any atom is -0.381 e. The average Bonchev–Trinajstić information content (AvgIpc) is 2.22. The number of nitrogens with one attached hydrogen (secondary N) is 1. The summed E-state index contributed by atoms with van der Waals surface area (Å²) < 4.78 is 1.05. The first kappa shape index (κ1) is 12.3. The third-order valence-electron chi connectivity index (χ3n) is 3.23. The van der Waals surface area contributed by atoms with Crippen LogP contribution in [0.3, 0.4) is 0 Å². The molecule has 1 aliphatic carbocycles. The van der Waals surface area contributed by atoms with Gasteiger partial charge in [0.05, 0.1) is 0 Å². The highest BCUT2D eigenvalue weighted by atomic mass is 79.9. The zero-order chi connectivity index (χ0) is 11.5. The Morgan fingerprint density at radius 3 is 2.88 bits per heavy atom. The van der Waals surface area contributed by atoms with Gasteiger partial charge in [0.25, 0.3) is 0 Å². The van der Waals surface area contributed by atoms with E-state index in [1.165, 1.54) is 25.7 Å². The molecule has 2 atom stereocenters. The zero-order valence-electron chi connectivity index (χ0n) is 9.47. The molecule has 0 bridgehead atoms. The Kier molecular flexibility index (Phi) is 4.15. The van der Waals surface area contributed by atoms with Crippen molar-refractivity contribution in [2.24, 2.45) is 5.92 Å². The van der Waals surface area contributed by atoms with Gasteiger partial charge >= 0.3 is 0 Å². The fourth-order valence-corrected chi connectivity index (χ4v) is 3.19. The van der Waals surface area contributed by atoms with Gasteiger partial charge in [-0.15, -0.1) is 0 Å². The zero-order valence-corrected chi connectivity index (χ0v) is 11.8. The lowest BCUT2D eigenvalue weighted by Crippen LogP contribution is -2.26. The standard InChI is InChI=1S/C13H17BrClN/c1-9-3-2-4-11(7-9)16-13-6-5-10(15)8-12(13)14/h5-6,8-9,11,16H,2-4,7H2,1H3. The van der Waals surface area contributed by atoms with Crippen molar-refractivity contribution in [2.75, 3.05) is 5.32 Å². The fourth-order valence-electron chi connectivity index (χ4n) is 2.39. The smallest absolute Gasteiger partial charge is 0.0487 e. The van der Waals surface area contributed by atoms with Crippen molar-refractivity contribution in [1.29, 1.82) is 0 Å². The van der Waals surface area contributed by atoms with Gasteiger partial charge in [-0.25, -0.2) is 0 Å². The lowest BCUT2D eigenvalue weighted by atomic mass is 9.87. The molecule has 0 amide bonds. The van der Waals surface area contributed by atoms with Gasteiger partial charge in [-0.1, -0.05) is 31.4 Å². The molecule has 2 rings (SSSR count). The molecule has 0 aromatic heterocycles. The lowest BCUT2D eigenvalue weighted by molar-refractivity contribution is 0.358. The van der Waals surface area contributed by atoms with Crippen LogP contribution in [0.2, 0.25) is 5.02 Å². The van der Waals surface area contributed by atoms with E-state index in [1.807, 2.05) is 18.2 Å². The Bertz CT molecular complexity index is 367. The number of halogens is 2. The molecule has 0 saturated heterocycles. The molecule has 3 heteroatoms. The Labute approximate surface area is 111 Å². The number of anilines is 1. The maximum atomic E-state index is 5.93. The topological polar surface area (TPSA) is 12.0 Å². The van der Waals surface area contributed by atoms with Crippen LogP contribution in [0.1, 0.15) is 32.6 Å². The van der Waals surface area contributed by atoms with Crippen LogP contribution in [0.4, 0.5) is 5.69 Å². The van der Waals surface area contributed by atoms with Crippen molar-refractivity contribution in [3.05, 3.63) is 27.7 Å². The molecule has 0 radical (unpaired) electrons. The van der Waals surface area contributed by atoms with E-state index in [0.717, 1.165) is 21.1 Å². The van der Waals surface area contributed by atoms with Gasteiger partial charge in [-0.05, 0) is 52.9 Å². The molecular weight excluding hydrogens is 286 g/mol. The Morgan fingerprint density at radius 2 is 2.19 bits per heavy atom. The Morgan fingerprint density at radius 1 is 1.38 bits per heavy atom. The van der Waals surface area contributed by atoms with Crippen molar-refractivity contribution < 1.29 is 0 Å². The van der Waals surface area contributed by atoms with Crippen LogP contribution >= 0.6 is 27.5 Å². The second-order valence-electron chi connectivity index (χ2n) is 4.74. The van der Waals surface area contributed by atoms with Crippen molar-refractivity contribution in [3.8, 4) is 0 Å². The first-order valence-corrected chi connectivity index (χ1v) is 7.04. The van der Waals surface area contributed by atoms with E-state index < -0.39 is 0 Å². The molecule has 16 heavy (non-hydrogen) atoms. The fraction of sp³-hybridized carbons (Fsp3) is 0.538. The van der Waals surface area contributed by atoms with Crippen LogP contribution in [0.15, 0.2) is 22.7 Å². The van der Waals surface area contributed by atoms with Gasteiger partial charge < -0.3 is 5.32 Å². The summed E-state index contributed by atoms with van der Waals surface area (Å²) in [6, 6.07) is 6.53. The number of hydrogen-bond acceptors (Lipinski definition) is 1. The molecule has 2 unspecified atom stereocenters. The highest BCUT2D eigenvalue weighted by molar-refractivity contribution is 9.10. The molecule has 1 saturated carbocycles. The minimum absolute atomic E-state index is 0.612. The van der Waals surface area contributed by atoms with Crippen LogP contribution in [-0.4, -0.2) is 6.04 Å². The maximum Gasteiger partial charge on any atom is 0.0487 e. The first-order chi connectivity index (χ1) is 7.65. The summed E-state index contributed by atoms with van der Waals surface area (Å²) in [5, 5.41) is 4.37. The predicted molar refractivity (Wildman–Crippen MR) is 74.2 cm³/mol. The summed E-state index contributed by atoms with van der Waals surface area (Å²) in [6.45, 7) is 2.34. The van der Waals surface area contributed by atoms with E-state index in [4.69, 9.17) is 11.6 Å². The van der Waals surface area contributed by atoms with Crippen LogP contribution in [-0.2, 0) is 0 Å². The predicted octanol–water partition coefficient (Wildman–Crippen LogP) is 5.09. The van der Waals surface area contributed by atoms with E-state index in [9.17, 15) is 0 Å². The van der Waals surface area contributed by atoms with Gasteiger partial charge in [0.1, 0.15) is 0 Å². The molecule has 1 nitrogen and oxygen atoms in total. The van der Waals surface area contributed by atoms with Crippen molar-refractivity contribution >= 4 is 33.2 Å². The van der Waals surface area contributed by atoms with E-state index in [0.29, 0.717) is 6.04 Å². The first-order valence-electron chi connectivity index (χ1n) is 5.87. The molecule has 1 aliphatic rings. The van der Waals surface area contributed by atoms with Gasteiger partial charge in [0.2, 0.25) is 0 Å². The molecule has 1 fully saturated rings. The molecule has 1 aromatic rings. The van der Waals surface area contributed by atoms with E-state index in [-0.39, 0.29) is 0 Å². The second kappa shape index (κ2) is 5.42. The number of benzene rings is 1. The molecule has 1 N–H and O–H groups in total. The van der Waals surface area contributed by atoms with Crippen molar-refractivity contribution in [3.63, 3.8) is 0 Å². The molecule has 0 heterocycles. The second-order valence-corrected chi connectivity index (χ2v) is 6.03.